The van der Waals surface area contributed by atoms with Gasteiger partial charge < -0.3 is 20.4 Å². The molecule has 2 aliphatic heterocycles. The van der Waals surface area contributed by atoms with Gasteiger partial charge in [0.2, 0.25) is 11.8 Å². The van der Waals surface area contributed by atoms with E-state index in [1.165, 1.54) is 6.07 Å². The lowest BCUT2D eigenvalue weighted by Crippen LogP contribution is -2.55. The average molecular weight is 431 g/mol. The van der Waals surface area contributed by atoms with Gasteiger partial charge in [0.1, 0.15) is 5.82 Å². The van der Waals surface area contributed by atoms with Crippen molar-refractivity contribution in [2.75, 3.05) is 41.7 Å². The van der Waals surface area contributed by atoms with E-state index in [1.54, 1.807) is 12.1 Å². The second kappa shape index (κ2) is 8.52. The minimum atomic E-state index is -0.436. The number of nitrogens with one attached hydrogen (secondary N) is 2. The van der Waals surface area contributed by atoms with Gasteiger partial charge in [0, 0.05) is 49.2 Å². The van der Waals surface area contributed by atoms with Crippen molar-refractivity contribution < 1.29 is 14.0 Å². The molecule has 8 heteroatoms. The first kappa shape index (κ1) is 20.5. The molecule has 1 atom stereocenters. The van der Waals surface area contributed by atoms with Crippen molar-refractivity contribution >= 4 is 40.5 Å². The summed E-state index contributed by atoms with van der Waals surface area (Å²) in [6, 6.07) is 10.5. The fourth-order valence-electron chi connectivity index (χ4n) is 4.02. The molecule has 0 saturated carbocycles. The number of aryl methyl sites for hydroxylation is 1. The van der Waals surface area contributed by atoms with Gasteiger partial charge in [0.05, 0.1) is 11.6 Å². The van der Waals surface area contributed by atoms with Crippen molar-refractivity contribution in [3.8, 4) is 0 Å². The molecular formula is C22H24ClFN4O2. The summed E-state index contributed by atoms with van der Waals surface area (Å²) in [7, 11) is 0. The summed E-state index contributed by atoms with van der Waals surface area (Å²) in [4.78, 5) is 28.2. The fourth-order valence-corrected chi connectivity index (χ4v) is 4.13. The van der Waals surface area contributed by atoms with Crippen molar-refractivity contribution in [3.63, 3.8) is 0 Å². The van der Waals surface area contributed by atoms with Crippen LogP contribution in [0.15, 0.2) is 36.4 Å². The first-order valence-electron chi connectivity index (χ1n) is 10.1. The summed E-state index contributed by atoms with van der Waals surface area (Å²) in [5.41, 5.74) is 3.55. The molecule has 0 aliphatic carbocycles. The van der Waals surface area contributed by atoms with Crippen molar-refractivity contribution in [1.82, 2.24) is 4.90 Å². The lowest BCUT2D eigenvalue weighted by Gasteiger charge is -2.41. The average Bonchev–Trinajstić information content (AvgIpc) is 2.73. The minimum Gasteiger partial charge on any atom is -0.376 e. The zero-order valence-corrected chi connectivity index (χ0v) is 17.5. The van der Waals surface area contributed by atoms with E-state index in [-0.39, 0.29) is 29.4 Å². The normalized spacial score (nSPS) is 18.6. The van der Waals surface area contributed by atoms with Gasteiger partial charge >= 0.3 is 0 Å². The van der Waals surface area contributed by atoms with Crippen LogP contribution in [-0.2, 0) is 16.0 Å². The Balaban J connectivity index is 1.33. The van der Waals surface area contributed by atoms with E-state index in [9.17, 15) is 14.0 Å². The predicted molar refractivity (Wildman–Crippen MR) is 117 cm³/mol. The Bertz CT molecular complexity index is 984. The number of benzene rings is 2. The number of anilines is 3. The monoisotopic (exact) mass is 430 g/mol. The molecule has 4 rings (SSSR count). The highest BCUT2D eigenvalue weighted by Gasteiger charge is 2.27. The van der Waals surface area contributed by atoms with Crippen LogP contribution < -0.4 is 15.5 Å². The third-order valence-corrected chi connectivity index (χ3v) is 5.97. The van der Waals surface area contributed by atoms with Crippen LogP contribution in [0.1, 0.15) is 18.9 Å². The Morgan fingerprint density at radius 3 is 2.83 bits per heavy atom. The summed E-state index contributed by atoms with van der Waals surface area (Å²) in [6.45, 7) is 4.03. The number of fused-ring (bicyclic) bond motifs is 1. The quantitative estimate of drug-likeness (QED) is 0.779. The first-order chi connectivity index (χ1) is 14.4. The molecule has 2 aliphatic rings. The number of carbonyl (C=O) groups excluding carboxylic acids is 2. The highest BCUT2D eigenvalue weighted by molar-refractivity contribution is 6.30. The second-order valence-corrected chi connectivity index (χ2v) is 8.16. The largest absolute Gasteiger partial charge is 0.376 e. The fraction of sp³-hybridized carbons (Fsp3) is 0.364. The molecule has 2 aromatic rings. The maximum absolute atomic E-state index is 13.8. The van der Waals surface area contributed by atoms with Crippen molar-refractivity contribution in [2.24, 2.45) is 0 Å². The Hall–Kier alpha value is -2.80. The van der Waals surface area contributed by atoms with Crippen LogP contribution in [0.25, 0.3) is 0 Å². The molecule has 6 nitrogen and oxygen atoms in total. The Kier molecular flexibility index (Phi) is 5.81. The molecule has 1 saturated heterocycles. The zero-order valence-electron chi connectivity index (χ0n) is 16.8. The van der Waals surface area contributed by atoms with Crippen LogP contribution in [0.4, 0.5) is 21.5 Å². The zero-order chi connectivity index (χ0) is 21.3. The number of nitrogens with zero attached hydrogens (tertiary/aromatic N) is 2. The van der Waals surface area contributed by atoms with E-state index in [0.717, 1.165) is 22.6 Å². The van der Waals surface area contributed by atoms with Gasteiger partial charge in [-0.05, 0) is 55.3 Å². The van der Waals surface area contributed by atoms with Crippen molar-refractivity contribution in [3.05, 3.63) is 52.8 Å². The summed E-state index contributed by atoms with van der Waals surface area (Å²) in [5.74, 6) is -0.377. The molecule has 2 heterocycles. The molecule has 0 bridgehead atoms. The number of amides is 2. The number of hydrogen-bond donors (Lipinski definition) is 2. The van der Waals surface area contributed by atoms with Crippen molar-refractivity contribution in [1.29, 1.82) is 0 Å². The highest BCUT2D eigenvalue weighted by atomic mass is 35.5. The molecule has 2 aromatic carbocycles. The topological polar surface area (TPSA) is 64.7 Å². The Morgan fingerprint density at radius 1 is 1.23 bits per heavy atom. The van der Waals surface area contributed by atoms with Crippen LogP contribution in [0.5, 0.6) is 0 Å². The van der Waals surface area contributed by atoms with Gasteiger partial charge in [-0.2, -0.15) is 0 Å². The highest BCUT2D eigenvalue weighted by Crippen LogP contribution is 2.26. The molecule has 1 fully saturated rings. The van der Waals surface area contributed by atoms with Crippen LogP contribution in [0, 0.1) is 5.82 Å². The molecule has 0 spiro atoms. The summed E-state index contributed by atoms with van der Waals surface area (Å²) in [6.07, 6.45) is 1.18. The van der Waals surface area contributed by atoms with Gasteiger partial charge in [0.15, 0.2) is 0 Å². The molecule has 158 valence electrons. The number of hydrogen-bond acceptors (Lipinski definition) is 4. The molecule has 2 amide bonds. The van der Waals surface area contributed by atoms with E-state index in [1.807, 2.05) is 30.0 Å². The van der Waals surface area contributed by atoms with Crippen LogP contribution in [0.2, 0.25) is 5.02 Å². The van der Waals surface area contributed by atoms with E-state index in [4.69, 9.17) is 11.6 Å². The van der Waals surface area contributed by atoms with Gasteiger partial charge in [0.25, 0.3) is 0 Å². The maximum Gasteiger partial charge on any atom is 0.242 e. The number of carbonyl (C=O) groups is 2. The lowest BCUT2D eigenvalue weighted by molar-refractivity contribution is -0.131. The molecular weight excluding hydrogens is 407 g/mol. The van der Waals surface area contributed by atoms with Gasteiger partial charge in [-0.1, -0.05) is 11.6 Å². The summed E-state index contributed by atoms with van der Waals surface area (Å²) >= 11 is 5.77. The van der Waals surface area contributed by atoms with Crippen LogP contribution in [-0.4, -0.2) is 48.9 Å². The third kappa shape index (κ3) is 4.36. The third-order valence-electron chi connectivity index (χ3n) is 5.66. The van der Waals surface area contributed by atoms with E-state index in [0.29, 0.717) is 32.5 Å². The van der Waals surface area contributed by atoms with Gasteiger partial charge in [-0.25, -0.2) is 4.39 Å². The molecule has 0 aromatic heterocycles. The molecule has 0 radical (unpaired) electrons. The minimum absolute atomic E-state index is 0.00512. The first-order valence-corrected chi connectivity index (χ1v) is 10.4. The smallest absolute Gasteiger partial charge is 0.242 e. The van der Waals surface area contributed by atoms with E-state index < -0.39 is 5.82 Å². The SMILES string of the molecule is C[C@@H]1CN(c2ccc(Cl)c(F)c2)CCN1C(=O)CNc1ccc2c(c1)CCC(=O)N2. The van der Waals surface area contributed by atoms with E-state index in [2.05, 4.69) is 15.5 Å². The van der Waals surface area contributed by atoms with Gasteiger partial charge in [-0.3, -0.25) is 9.59 Å². The molecule has 0 unspecified atom stereocenters. The Labute approximate surface area is 180 Å². The number of rotatable bonds is 4. The van der Waals surface area contributed by atoms with E-state index >= 15 is 0 Å². The van der Waals surface area contributed by atoms with Crippen LogP contribution in [0.3, 0.4) is 0 Å². The predicted octanol–water partition coefficient (Wildman–Crippen LogP) is 3.51. The van der Waals surface area contributed by atoms with Crippen molar-refractivity contribution in [2.45, 2.75) is 25.8 Å². The lowest BCUT2D eigenvalue weighted by atomic mass is 10.0. The second-order valence-electron chi connectivity index (χ2n) is 7.75. The molecule has 30 heavy (non-hydrogen) atoms. The number of halogens is 2. The molecule has 2 N–H and O–H groups in total. The summed E-state index contributed by atoms with van der Waals surface area (Å²) in [5, 5.41) is 6.16. The van der Waals surface area contributed by atoms with Gasteiger partial charge in [-0.15, -0.1) is 0 Å². The number of piperazine rings is 1. The summed E-state index contributed by atoms with van der Waals surface area (Å²) < 4.78 is 13.8. The van der Waals surface area contributed by atoms with Crippen LogP contribution >= 0.6 is 11.6 Å². The maximum atomic E-state index is 13.8. The standard InChI is InChI=1S/C22H24ClFN4O2/c1-14-13-27(17-4-5-18(23)19(24)11-17)8-9-28(14)22(30)12-25-16-3-6-20-15(10-16)2-7-21(29)26-20/h3-6,10-11,14,25H,2,7-9,12-13H2,1H3,(H,26,29)/t14-/m1/s1. The Morgan fingerprint density at radius 2 is 2.07 bits per heavy atom.